The molecule has 4 nitrogen and oxygen atoms in total. The third kappa shape index (κ3) is 1.33. The van der Waals surface area contributed by atoms with Gasteiger partial charge in [0.05, 0.1) is 11.5 Å². The molecule has 1 aliphatic rings. The third-order valence-corrected chi connectivity index (χ3v) is 2.10. The maximum Gasteiger partial charge on any atom is 0.312 e. The third-order valence-electron chi connectivity index (χ3n) is 2.10. The molecule has 0 spiro atoms. The zero-order valence-corrected chi connectivity index (χ0v) is 6.13. The molecule has 0 aromatic heterocycles. The number of nitrogens with zero attached hydrogens (tertiary/aromatic N) is 1. The monoisotopic (exact) mass is 154 g/mol. The maximum absolute atomic E-state index is 10.7. The van der Waals surface area contributed by atoms with Crippen LogP contribution in [0.2, 0.25) is 0 Å². The molecule has 0 radical (unpaired) electrons. The van der Waals surface area contributed by atoms with Crippen LogP contribution in [0.1, 0.15) is 12.8 Å². The molecule has 0 atom stereocenters. The van der Waals surface area contributed by atoms with E-state index in [4.69, 9.17) is 10.4 Å². The Morgan fingerprint density at radius 3 is 2.64 bits per heavy atom. The fourth-order valence-corrected chi connectivity index (χ4v) is 1.16. The molecule has 0 aromatic carbocycles. The molecule has 1 heterocycles. The zero-order chi connectivity index (χ0) is 8.32. The first-order chi connectivity index (χ1) is 5.21. The van der Waals surface area contributed by atoms with Crippen LogP contribution in [0.3, 0.4) is 0 Å². The lowest BCUT2D eigenvalue weighted by atomic mass is 9.78. The predicted molar refractivity (Wildman–Crippen MR) is 37.8 cm³/mol. The van der Waals surface area contributed by atoms with Crippen molar-refractivity contribution in [3.05, 3.63) is 0 Å². The van der Waals surface area contributed by atoms with Crippen molar-refractivity contribution in [2.24, 2.45) is 5.41 Å². The van der Waals surface area contributed by atoms with E-state index in [2.05, 4.69) is 5.32 Å². The van der Waals surface area contributed by atoms with E-state index >= 15 is 0 Å². The minimum Gasteiger partial charge on any atom is -0.481 e. The van der Waals surface area contributed by atoms with Gasteiger partial charge in [-0.15, -0.1) is 0 Å². The quantitative estimate of drug-likeness (QED) is 0.598. The molecule has 1 rings (SSSR count). The second-order valence-electron chi connectivity index (χ2n) is 2.85. The van der Waals surface area contributed by atoms with Crippen LogP contribution in [0.15, 0.2) is 0 Å². The highest BCUT2D eigenvalue weighted by Crippen LogP contribution is 2.28. The lowest BCUT2D eigenvalue weighted by Gasteiger charge is -2.37. The number of hydrogen-bond acceptors (Lipinski definition) is 3. The Bertz CT molecular complexity index is 203. The molecule has 60 valence electrons. The fourth-order valence-electron chi connectivity index (χ4n) is 1.16. The molecule has 0 unspecified atom stereocenters. The van der Waals surface area contributed by atoms with Gasteiger partial charge in [-0.3, -0.25) is 4.79 Å². The van der Waals surface area contributed by atoms with Gasteiger partial charge in [-0.05, 0) is 6.42 Å². The Hall–Kier alpha value is -1.08. The first-order valence-corrected chi connectivity index (χ1v) is 3.52. The molecule has 0 amide bonds. The van der Waals surface area contributed by atoms with E-state index in [0.717, 1.165) is 0 Å². The van der Waals surface area contributed by atoms with Gasteiger partial charge >= 0.3 is 5.97 Å². The van der Waals surface area contributed by atoms with Gasteiger partial charge in [0.25, 0.3) is 0 Å². The number of carbonyl (C=O) groups is 1. The normalized spacial score (nSPS) is 19.9. The van der Waals surface area contributed by atoms with Crippen molar-refractivity contribution in [1.82, 2.24) is 5.32 Å². The smallest absolute Gasteiger partial charge is 0.312 e. The average molecular weight is 154 g/mol. The van der Waals surface area contributed by atoms with Crippen LogP contribution in [0.5, 0.6) is 0 Å². The summed E-state index contributed by atoms with van der Waals surface area (Å²) < 4.78 is 0. The van der Waals surface area contributed by atoms with Gasteiger partial charge in [-0.25, -0.2) is 0 Å². The Morgan fingerprint density at radius 2 is 2.36 bits per heavy atom. The molecular formula is C7H10N2O2. The summed E-state index contributed by atoms with van der Waals surface area (Å²) in [7, 11) is 0. The van der Waals surface area contributed by atoms with Crippen LogP contribution in [-0.4, -0.2) is 24.2 Å². The lowest BCUT2D eigenvalue weighted by molar-refractivity contribution is -0.152. The Morgan fingerprint density at radius 1 is 1.73 bits per heavy atom. The molecule has 0 aromatic rings. The molecule has 11 heavy (non-hydrogen) atoms. The molecule has 0 saturated carbocycles. The summed E-state index contributed by atoms with van der Waals surface area (Å²) in [6.07, 6.45) is 0.791. The largest absolute Gasteiger partial charge is 0.481 e. The van der Waals surface area contributed by atoms with Gasteiger partial charge in [0, 0.05) is 19.5 Å². The predicted octanol–water partition coefficient (Wildman–Crippen LogP) is -0.0356. The number of nitrogens with one attached hydrogen (secondary N) is 1. The fraction of sp³-hybridized carbons (Fsp3) is 0.714. The van der Waals surface area contributed by atoms with Crippen LogP contribution in [0, 0.1) is 16.7 Å². The average Bonchev–Trinajstić information content (AvgIpc) is 1.85. The van der Waals surface area contributed by atoms with Crippen molar-refractivity contribution in [1.29, 1.82) is 5.26 Å². The lowest BCUT2D eigenvalue weighted by Crippen LogP contribution is -2.58. The summed E-state index contributed by atoms with van der Waals surface area (Å²) in [4.78, 5) is 10.7. The van der Waals surface area contributed by atoms with E-state index in [1.165, 1.54) is 0 Å². The highest BCUT2D eigenvalue weighted by Gasteiger charge is 2.43. The standard InChI is InChI=1S/C7H10N2O2/c8-3-1-2-7(6(10)11)4-9-5-7/h9H,1-2,4-5H2,(H,10,11). The van der Waals surface area contributed by atoms with Crippen LogP contribution in [0.4, 0.5) is 0 Å². The Kier molecular flexibility index (Phi) is 2.11. The minimum atomic E-state index is -0.786. The number of nitriles is 1. The summed E-state index contributed by atoms with van der Waals surface area (Å²) in [6.45, 7) is 1.01. The summed E-state index contributed by atoms with van der Waals surface area (Å²) in [5.41, 5.74) is -0.643. The molecule has 1 saturated heterocycles. The molecule has 0 aliphatic carbocycles. The number of rotatable bonds is 3. The van der Waals surface area contributed by atoms with Crippen molar-refractivity contribution in [3.8, 4) is 6.07 Å². The molecule has 0 bridgehead atoms. The second-order valence-corrected chi connectivity index (χ2v) is 2.85. The van der Waals surface area contributed by atoms with Crippen LogP contribution in [-0.2, 0) is 4.79 Å². The minimum absolute atomic E-state index is 0.327. The first kappa shape index (κ1) is 8.02. The van der Waals surface area contributed by atoms with Crippen LogP contribution >= 0.6 is 0 Å². The van der Waals surface area contributed by atoms with E-state index in [1.807, 2.05) is 6.07 Å². The van der Waals surface area contributed by atoms with E-state index < -0.39 is 11.4 Å². The van der Waals surface area contributed by atoms with Crippen molar-refractivity contribution < 1.29 is 9.90 Å². The van der Waals surface area contributed by atoms with Gasteiger partial charge < -0.3 is 10.4 Å². The summed E-state index contributed by atoms with van der Waals surface area (Å²) in [5.74, 6) is -0.786. The molecule has 1 aliphatic heterocycles. The van der Waals surface area contributed by atoms with E-state index in [9.17, 15) is 4.79 Å². The van der Waals surface area contributed by atoms with Gasteiger partial charge in [0.15, 0.2) is 0 Å². The SMILES string of the molecule is N#CCCC1(C(=O)O)CNC1. The number of carboxylic acid groups (broad SMARTS) is 1. The Labute approximate surface area is 64.8 Å². The number of aliphatic carboxylic acids is 1. The second kappa shape index (κ2) is 2.89. The van der Waals surface area contributed by atoms with Crippen molar-refractivity contribution >= 4 is 5.97 Å². The van der Waals surface area contributed by atoms with Crippen LogP contribution < -0.4 is 5.32 Å². The van der Waals surface area contributed by atoms with Crippen LogP contribution in [0.25, 0.3) is 0 Å². The molecule has 2 N–H and O–H groups in total. The van der Waals surface area contributed by atoms with Crippen molar-refractivity contribution in [2.45, 2.75) is 12.8 Å². The molecule has 1 fully saturated rings. The van der Waals surface area contributed by atoms with Gasteiger partial charge in [0.2, 0.25) is 0 Å². The van der Waals surface area contributed by atoms with Gasteiger partial charge in [-0.2, -0.15) is 5.26 Å². The summed E-state index contributed by atoms with van der Waals surface area (Å²) >= 11 is 0. The molecular weight excluding hydrogens is 144 g/mol. The van der Waals surface area contributed by atoms with E-state index in [1.54, 1.807) is 0 Å². The highest BCUT2D eigenvalue weighted by atomic mass is 16.4. The summed E-state index contributed by atoms with van der Waals surface area (Å²) in [5, 5.41) is 19.9. The van der Waals surface area contributed by atoms with E-state index in [-0.39, 0.29) is 0 Å². The van der Waals surface area contributed by atoms with Gasteiger partial charge in [-0.1, -0.05) is 0 Å². The topological polar surface area (TPSA) is 73.1 Å². The summed E-state index contributed by atoms with van der Waals surface area (Å²) in [6, 6.07) is 1.96. The first-order valence-electron chi connectivity index (χ1n) is 3.52. The number of carboxylic acids is 1. The maximum atomic E-state index is 10.7. The van der Waals surface area contributed by atoms with Gasteiger partial charge in [0.1, 0.15) is 0 Å². The molecule has 4 heteroatoms. The highest BCUT2D eigenvalue weighted by molar-refractivity contribution is 5.76. The number of hydrogen-bond donors (Lipinski definition) is 2. The Balaban J connectivity index is 2.48. The van der Waals surface area contributed by atoms with E-state index in [0.29, 0.717) is 25.9 Å². The zero-order valence-electron chi connectivity index (χ0n) is 6.13. The van der Waals surface area contributed by atoms with Crippen molar-refractivity contribution in [3.63, 3.8) is 0 Å². The van der Waals surface area contributed by atoms with Crippen molar-refractivity contribution in [2.75, 3.05) is 13.1 Å².